The van der Waals surface area contributed by atoms with Gasteiger partial charge in [-0.2, -0.15) is 0 Å². The minimum Gasteiger partial charge on any atom is -0.354 e. The summed E-state index contributed by atoms with van der Waals surface area (Å²) >= 11 is 6.11. The maximum absolute atomic E-state index is 14.2. The zero-order valence-corrected chi connectivity index (χ0v) is 25.3. The number of benzene rings is 3. The number of nitrogens with zero attached hydrogens (tertiary/aromatic N) is 2. The van der Waals surface area contributed by atoms with Crippen molar-refractivity contribution in [1.82, 2.24) is 10.2 Å². The molecule has 0 aliphatic heterocycles. The van der Waals surface area contributed by atoms with Gasteiger partial charge in [0.05, 0.1) is 11.9 Å². The molecule has 3 aromatic rings. The first-order valence-electron chi connectivity index (χ1n) is 13.3. The fourth-order valence-electron chi connectivity index (χ4n) is 4.44. The minimum atomic E-state index is -3.85. The Labute approximate surface area is 243 Å². The van der Waals surface area contributed by atoms with Crippen LogP contribution in [-0.2, 0) is 32.6 Å². The first-order valence-corrected chi connectivity index (χ1v) is 15.5. The van der Waals surface area contributed by atoms with Crippen molar-refractivity contribution >= 4 is 39.1 Å². The molecule has 2 amide bonds. The number of carbonyl (C=O) groups is 2. The summed E-state index contributed by atoms with van der Waals surface area (Å²) < 4.78 is 27.0. The number of carbonyl (C=O) groups excluding carboxylic acids is 2. The average molecular weight is 584 g/mol. The molecule has 0 bridgehead atoms. The smallest absolute Gasteiger partial charge is 0.244 e. The summed E-state index contributed by atoms with van der Waals surface area (Å²) in [4.78, 5) is 29.3. The van der Waals surface area contributed by atoms with Gasteiger partial charge >= 0.3 is 0 Å². The molecule has 1 unspecified atom stereocenters. The van der Waals surface area contributed by atoms with E-state index < -0.39 is 28.5 Å². The molecule has 40 heavy (non-hydrogen) atoms. The molecular weight excluding hydrogens is 546 g/mol. The molecule has 9 heteroatoms. The van der Waals surface area contributed by atoms with Gasteiger partial charge in [-0.3, -0.25) is 13.9 Å². The van der Waals surface area contributed by atoms with E-state index >= 15 is 0 Å². The zero-order chi connectivity index (χ0) is 29.4. The number of nitrogens with one attached hydrogen (secondary N) is 1. The van der Waals surface area contributed by atoms with Crippen LogP contribution < -0.4 is 9.62 Å². The molecule has 0 aliphatic rings. The van der Waals surface area contributed by atoms with E-state index in [1.807, 2.05) is 75.4 Å². The summed E-state index contributed by atoms with van der Waals surface area (Å²) in [7, 11) is -3.85. The van der Waals surface area contributed by atoms with E-state index in [-0.39, 0.29) is 24.8 Å². The molecule has 214 valence electrons. The number of rotatable bonds is 12. The molecule has 1 N–H and O–H groups in total. The average Bonchev–Trinajstić information content (AvgIpc) is 2.89. The molecule has 0 fully saturated rings. The third-order valence-corrected chi connectivity index (χ3v) is 8.03. The molecular formula is C31H38ClN3O4S. The molecule has 3 rings (SSSR count). The molecule has 0 aromatic heterocycles. The zero-order valence-electron chi connectivity index (χ0n) is 23.7. The van der Waals surface area contributed by atoms with Crippen molar-refractivity contribution in [3.63, 3.8) is 0 Å². The molecule has 0 spiro atoms. The molecule has 0 saturated carbocycles. The summed E-state index contributed by atoms with van der Waals surface area (Å²) in [5.41, 5.74) is 3.71. The third kappa shape index (κ3) is 8.57. The van der Waals surface area contributed by atoms with E-state index in [2.05, 4.69) is 5.32 Å². The van der Waals surface area contributed by atoms with Gasteiger partial charge < -0.3 is 10.2 Å². The lowest BCUT2D eigenvalue weighted by Crippen LogP contribution is -2.53. The number of halogens is 1. The summed E-state index contributed by atoms with van der Waals surface area (Å²) in [5, 5.41) is 3.45. The first-order chi connectivity index (χ1) is 18.9. The second-order valence-electron chi connectivity index (χ2n) is 10.5. The van der Waals surface area contributed by atoms with E-state index in [0.717, 1.165) is 27.3 Å². The van der Waals surface area contributed by atoms with Crippen molar-refractivity contribution in [3.05, 3.63) is 100 Å². The van der Waals surface area contributed by atoms with Crippen LogP contribution in [0.15, 0.2) is 72.8 Å². The maximum Gasteiger partial charge on any atom is 0.244 e. The number of hydrogen-bond donors (Lipinski definition) is 1. The SMILES string of the molecule is Cc1ccccc1CN(C(=O)CN(c1ccc(Cl)cc1C)S(C)(=O)=O)C(Cc1ccccc1)C(=O)NCC(C)C. The van der Waals surface area contributed by atoms with Gasteiger partial charge in [-0.15, -0.1) is 0 Å². The van der Waals surface area contributed by atoms with Crippen molar-refractivity contribution in [1.29, 1.82) is 0 Å². The van der Waals surface area contributed by atoms with Gasteiger partial charge in [0.2, 0.25) is 21.8 Å². The largest absolute Gasteiger partial charge is 0.354 e. The molecule has 0 saturated heterocycles. The normalized spacial score (nSPS) is 12.2. The fraction of sp³-hybridized carbons (Fsp3) is 0.355. The van der Waals surface area contributed by atoms with Gasteiger partial charge in [-0.05, 0) is 60.2 Å². The van der Waals surface area contributed by atoms with E-state index in [0.29, 0.717) is 22.8 Å². The predicted molar refractivity (Wildman–Crippen MR) is 162 cm³/mol. The summed E-state index contributed by atoms with van der Waals surface area (Å²) in [6.07, 6.45) is 1.35. The number of aryl methyl sites for hydroxylation is 2. The van der Waals surface area contributed by atoms with Gasteiger partial charge in [0.1, 0.15) is 12.6 Å². The number of amides is 2. The number of hydrogen-bond acceptors (Lipinski definition) is 4. The lowest BCUT2D eigenvalue weighted by Gasteiger charge is -2.34. The second kappa shape index (κ2) is 13.8. The summed E-state index contributed by atoms with van der Waals surface area (Å²) in [6, 6.07) is 21.1. The molecule has 0 radical (unpaired) electrons. The second-order valence-corrected chi connectivity index (χ2v) is 12.8. The minimum absolute atomic E-state index is 0.148. The van der Waals surface area contributed by atoms with Crippen LogP contribution in [0.2, 0.25) is 5.02 Å². The lowest BCUT2D eigenvalue weighted by atomic mass is 10.0. The number of sulfonamides is 1. The van der Waals surface area contributed by atoms with Gasteiger partial charge in [-0.1, -0.05) is 80.0 Å². The fourth-order valence-corrected chi connectivity index (χ4v) is 5.57. The monoisotopic (exact) mass is 583 g/mol. The van der Waals surface area contributed by atoms with Crippen LogP contribution in [0.1, 0.15) is 36.1 Å². The molecule has 7 nitrogen and oxygen atoms in total. The van der Waals surface area contributed by atoms with Gasteiger partial charge in [-0.25, -0.2) is 8.42 Å². The van der Waals surface area contributed by atoms with E-state index in [1.54, 1.807) is 25.1 Å². The van der Waals surface area contributed by atoms with Gasteiger partial charge in [0, 0.05) is 24.5 Å². The molecule has 3 aromatic carbocycles. The van der Waals surface area contributed by atoms with E-state index in [1.165, 1.54) is 4.90 Å². The first kappa shape index (κ1) is 31.2. The predicted octanol–water partition coefficient (Wildman–Crippen LogP) is 5.14. The Bertz CT molecular complexity index is 1430. The lowest BCUT2D eigenvalue weighted by molar-refractivity contribution is -0.140. The highest BCUT2D eigenvalue weighted by Crippen LogP contribution is 2.26. The Hall–Kier alpha value is -3.36. The van der Waals surface area contributed by atoms with Crippen molar-refractivity contribution in [3.8, 4) is 0 Å². The Morgan fingerprint density at radius 2 is 1.57 bits per heavy atom. The standard InChI is InChI=1S/C31H38ClN3O4S/c1-22(2)19-33-31(37)29(18-25-12-7-6-8-13-25)34(20-26-14-10-9-11-23(26)3)30(36)21-35(40(5,38)39)28-16-15-27(32)17-24(28)4/h6-17,22,29H,18-21H2,1-5H3,(H,33,37). The van der Waals surface area contributed by atoms with Gasteiger partial charge in [0.15, 0.2) is 0 Å². The number of anilines is 1. The Balaban J connectivity index is 2.08. The highest BCUT2D eigenvalue weighted by atomic mass is 35.5. The van der Waals surface area contributed by atoms with Crippen LogP contribution in [0.3, 0.4) is 0 Å². The van der Waals surface area contributed by atoms with Crippen LogP contribution in [0, 0.1) is 19.8 Å². The quantitative estimate of drug-likeness (QED) is 0.320. The Morgan fingerprint density at radius 3 is 2.17 bits per heavy atom. The van der Waals surface area contributed by atoms with Crippen molar-refractivity contribution in [2.75, 3.05) is 23.7 Å². The van der Waals surface area contributed by atoms with E-state index in [9.17, 15) is 18.0 Å². The van der Waals surface area contributed by atoms with Crippen molar-refractivity contribution < 1.29 is 18.0 Å². The van der Waals surface area contributed by atoms with Crippen LogP contribution in [0.25, 0.3) is 0 Å². The molecule has 1 atom stereocenters. The highest BCUT2D eigenvalue weighted by Gasteiger charge is 2.33. The van der Waals surface area contributed by atoms with Crippen LogP contribution in [0.4, 0.5) is 5.69 Å². The Morgan fingerprint density at radius 1 is 0.925 bits per heavy atom. The molecule has 0 aliphatic carbocycles. The van der Waals surface area contributed by atoms with Crippen LogP contribution in [-0.4, -0.2) is 50.5 Å². The maximum atomic E-state index is 14.2. The topological polar surface area (TPSA) is 86.8 Å². The van der Waals surface area contributed by atoms with Crippen LogP contribution in [0.5, 0.6) is 0 Å². The highest BCUT2D eigenvalue weighted by molar-refractivity contribution is 7.92. The van der Waals surface area contributed by atoms with Crippen molar-refractivity contribution in [2.45, 2.75) is 46.7 Å². The van der Waals surface area contributed by atoms with Crippen molar-refractivity contribution in [2.24, 2.45) is 5.92 Å². The molecule has 0 heterocycles. The summed E-state index contributed by atoms with van der Waals surface area (Å²) in [5.74, 6) is -0.549. The van der Waals surface area contributed by atoms with Gasteiger partial charge in [0.25, 0.3) is 0 Å². The van der Waals surface area contributed by atoms with Crippen LogP contribution >= 0.6 is 11.6 Å². The van der Waals surface area contributed by atoms with E-state index in [4.69, 9.17) is 11.6 Å². The third-order valence-electron chi connectivity index (χ3n) is 6.66. The summed E-state index contributed by atoms with van der Waals surface area (Å²) in [6.45, 7) is 7.83. The Kier molecular flexibility index (Phi) is 10.8.